The second kappa shape index (κ2) is 4.47. The smallest absolute Gasteiger partial charge is 0.231 e. The Morgan fingerprint density at radius 1 is 0.947 bits per heavy atom. The predicted molar refractivity (Wildman–Crippen MR) is 77.8 cm³/mol. The maximum Gasteiger partial charge on any atom is 0.231 e. The monoisotopic (exact) mass is 249 g/mol. The van der Waals surface area contributed by atoms with Crippen LogP contribution in [0.4, 0.5) is 0 Å². The fourth-order valence-corrected chi connectivity index (χ4v) is 2.48. The fraction of sp³-hybridized carbons (Fsp3) is 0.176. The number of rotatable bonds is 1. The van der Waals surface area contributed by atoms with Crippen molar-refractivity contribution >= 4 is 11.0 Å². The highest BCUT2D eigenvalue weighted by atomic mass is 15.0. The molecule has 0 aliphatic carbocycles. The van der Waals surface area contributed by atoms with Gasteiger partial charge in [-0.05, 0) is 37.1 Å². The van der Waals surface area contributed by atoms with Gasteiger partial charge < -0.3 is 0 Å². The van der Waals surface area contributed by atoms with E-state index in [-0.39, 0.29) is 0 Å². The van der Waals surface area contributed by atoms with Crippen molar-refractivity contribution in [3.8, 4) is 11.3 Å². The molecule has 0 N–H and O–H groups in total. The molecule has 0 saturated carbocycles. The molecular weight excluding hydrogens is 232 g/mol. The van der Waals surface area contributed by atoms with Crippen LogP contribution in [0, 0.1) is 13.8 Å². The number of hydrogen-bond acceptors (Lipinski definition) is 1. The highest BCUT2D eigenvalue weighted by Gasteiger charge is 2.16. The standard InChI is InChI=1S/C17H17N2/c1-12-7-6-8-14(13(12)2)17-11-18-15-9-4-5-10-16(15)19(17)3/h4-11H,1-3H3/q+1. The van der Waals surface area contributed by atoms with Gasteiger partial charge in [-0.1, -0.05) is 24.3 Å². The van der Waals surface area contributed by atoms with Gasteiger partial charge in [-0.25, -0.2) is 4.98 Å². The normalized spacial score (nSPS) is 10.9. The Morgan fingerprint density at radius 3 is 2.58 bits per heavy atom. The Kier molecular flexibility index (Phi) is 2.79. The molecule has 1 heterocycles. The average molecular weight is 249 g/mol. The molecule has 19 heavy (non-hydrogen) atoms. The van der Waals surface area contributed by atoms with Gasteiger partial charge in [0.2, 0.25) is 11.2 Å². The molecule has 0 bridgehead atoms. The van der Waals surface area contributed by atoms with Crippen LogP contribution in [-0.4, -0.2) is 4.98 Å². The van der Waals surface area contributed by atoms with Crippen molar-refractivity contribution < 1.29 is 4.57 Å². The Hall–Kier alpha value is -2.22. The molecule has 0 saturated heterocycles. The van der Waals surface area contributed by atoms with Crippen molar-refractivity contribution in [3.05, 3.63) is 59.8 Å². The van der Waals surface area contributed by atoms with Crippen LogP contribution in [0.1, 0.15) is 11.1 Å². The first-order valence-electron chi connectivity index (χ1n) is 6.49. The molecule has 0 atom stereocenters. The van der Waals surface area contributed by atoms with Crippen molar-refractivity contribution in [2.45, 2.75) is 13.8 Å². The maximum absolute atomic E-state index is 4.57. The van der Waals surface area contributed by atoms with Gasteiger partial charge in [0, 0.05) is 6.07 Å². The summed E-state index contributed by atoms with van der Waals surface area (Å²) >= 11 is 0. The molecule has 94 valence electrons. The molecule has 3 rings (SSSR count). The van der Waals surface area contributed by atoms with E-state index in [1.54, 1.807) is 0 Å². The topological polar surface area (TPSA) is 16.8 Å². The van der Waals surface area contributed by atoms with E-state index in [9.17, 15) is 0 Å². The summed E-state index contributed by atoms with van der Waals surface area (Å²) in [5.41, 5.74) is 7.21. The number of nitrogens with zero attached hydrogens (tertiary/aromatic N) is 2. The van der Waals surface area contributed by atoms with E-state index in [1.165, 1.54) is 16.7 Å². The van der Waals surface area contributed by atoms with Crippen LogP contribution in [-0.2, 0) is 7.05 Å². The summed E-state index contributed by atoms with van der Waals surface area (Å²) in [5.74, 6) is 0. The lowest BCUT2D eigenvalue weighted by atomic mass is 10.0. The van der Waals surface area contributed by atoms with Crippen LogP contribution in [0.5, 0.6) is 0 Å². The summed E-state index contributed by atoms with van der Waals surface area (Å²) in [7, 11) is 2.10. The van der Waals surface area contributed by atoms with Gasteiger partial charge in [0.15, 0.2) is 0 Å². The van der Waals surface area contributed by atoms with Crippen molar-refractivity contribution in [1.29, 1.82) is 0 Å². The van der Waals surface area contributed by atoms with E-state index in [0.29, 0.717) is 0 Å². The molecular formula is C17H17N2+. The van der Waals surface area contributed by atoms with E-state index in [4.69, 9.17) is 0 Å². The Morgan fingerprint density at radius 2 is 1.74 bits per heavy atom. The van der Waals surface area contributed by atoms with Crippen molar-refractivity contribution in [1.82, 2.24) is 4.98 Å². The minimum absolute atomic E-state index is 1.03. The molecule has 0 radical (unpaired) electrons. The lowest BCUT2D eigenvalue weighted by molar-refractivity contribution is -0.633. The van der Waals surface area contributed by atoms with E-state index in [2.05, 4.69) is 60.8 Å². The van der Waals surface area contributed by atoms with Crippen molar-refractivity contribution in [2.24, 2.45) is 7.05 Å². The fourth-order valence-electron chi connectivity index (χ4n) is 2.48. The summed E-state index contributed by atoms with van der Waals surface area (Å²) in [5, 5.41) is 0. The van der Waals surface area contributed by atoms with Crippen molar-refractivity contribution in [3.63, 3.8) is 0 Å². The highest BCUT2D eigenvalue weighted by molar-refractivity contribution is 5.73. The lowest BCUT2D eigenvalue weighted by Crippen LogP contribution is -2.32. The molecule has 0 spiro atoms. The predicted octanol–water partition coefficient (Wildman–Crippen LogP) is 3.34. The van der Waals surface area contributed by atoms with E-state index in [0.717, 1.165) is 16.7 Å². The number of hydrogen-bond donors (Lipinski definition) is 0. The summed E-state index contributed by atoms with van der Waals surface area (Å²) in [6.07, 6.45) is 1.96. The summed E-state index contributed by atoms with van der Waals surface area (Å²) < 4.78 is 2.21. The molecule has 0 fully saturated rings. The molecule has 2 nitrogen and oxygen atoms in total. The number of benzene rings is 2. The molecule has 0 aliphatic rings. The first-order valence-corrected chi connectivity index (χ1v) is 6.49. The Labute approximate surface area is 113 Å². The highest BCUT2D eigenvalue weighted by Crippen LogP contribution is 2.23. The Bertz CT molecular complexity index is 760. The molecule has 2 aromatic carbocycles. The molecule has 0 unspecified atom stereocenters. The molecule has 0 amide bonds. The van der Waals surface area contributed by atoms with Gasteiger partial charge in [0.25, 0.3) is 0 Å². The second-order valence-corrected chi connectivity index (χ2v) is 4.94. The van der Waals surface area contributed by atoms with Crippen LogP contribution in [0.3, 0.4) is 0 Å². The molecule has 2 heteroatoms. The van der Waals surface area contributed by atoms with Gasteiger partial charge in [-0.3, -0.25) is 0 Å². The summed E-state index contributed by atoms with van der Waals surface area (Å²) in [4.78, 5) is 4.57. The van der Waals surface area contributed by atoms with Gasteiger partial charge in [0.05, 0.1) is 5.56 Å². The quantitative estimate of drug-likeness (QED) is 0.604. The Balaban J connectivity index is 2.31. The zero-order chi connectivity index (χ0) is 13.4. The van der Waals surface area contributed by atoms with Gasteiger partial charge >= 0.3 is 0 Å². The van der Waals surface area contributed by atoms with Crippen LogP contribution >= 0.6 is 0 Å². The first kappa shape index (κ1) is 11.8. The summed E-state index contributed by atoms with van der Waals surface area (Å²) in [6, 6.07) is 14.6. The summed E-state index contributed by atoms with van der Waals surface area (Å²) in [6.45, 7) is 4.31. The minimum Gasteiger partial charge on any atom is -0.243 e. The van der Waals surface area contributed by atoms with Crippen LogP contribution in [0.25, 0.3) is 22.3 Å². The largest absolute Gasteiger partial charge is 0.243 e. The van der Waals surface area contributed by atoms with Crippen LogP contribution < -0.4 is 4.57 Å². The number of aromatic nitrogens is 2. The van der Waals surface area contributed by atoms with E-state index in [1.807, 2.05) is 18.3 Å². The van der Waals surface area contributed by atoms with Crippen molar-refractivity contribution in [2.75, 3.05) is 0 Å². The third kappa shape index (κ3) is 1.89. The van der Waals surface area contributed by atoms with Crippen LogP contribution in [0.2, 0.25) is 0 Å². The van der Waals surface area contributed by atoms with Crippen LogP contribution in [0.15, 0.2) is 48.7 Å². The van der Waals surface area contributed by atoms with E-state index >= 15 is 0 Å². The number of para-hydroxylation sites is 2. The SMILES string of the molecule is Cc1cccc(-c2cnc3ccccc3[n+]2C)c1C. The van der Waals surface area contributed by atoms with E-state index < -0.39 is 0 Å². The van der Waals surface area contributed by atoms with Gasteiger partial charge in [-0.15, -0.1) is 0 Å². The van der Waals surface area contributed by atoms with Gasteiger partial charge in [0.1, 0.15) is 18.8 Å². The average Bonchev–Trinajstić information content (AvgIpc) is 2.43. The van der Waals surface area contributed by atoms with Gasteiger partial charge in [-0.2, -0.15) is 4.57 Å². The number of fused-ring (bicyclic) bond motifs is 1. The minimum atomic E-state index is 1.03. The molecule has 0 aliphatic heterocycles. The second-order valence-electron chi connectivity index (χ2n) is 4.94. The maximum atomic E-state index is 4.57. The molecule has 3 aromatic rings. The third-order valence-electron chi connectivity index (χ3n) is 3.81. The zero-order valence-corrected chi connectivity index (χ0v) is 11.5. The zero-order valence-electron chi connectivity index (χ0n) is 11.5. The number of aryl methyl sites for hydroxylation is 2. The first-order chi connectivity index (χ1) is 9.18. The lowest BCUT2D eigenvalue weighted by Gasteiger charge is -2.07. The molecule has 1 aromatic heterocycles. The third-order valence-corrected chi connectivity index (χ3v) is 3.81.